The fourth-order valence-corrected chi connectivity index (χ4v) is 2.18. The zero-order valence-corrected chi connectivity index (χ0v) is 11.4. The van der Waals surface area contributed by atoms with Gasteiger partial charge in [-0.25, -0.2) is 0 Å². The highest BCUT2D eigenvalue weighted by atomic mass is 32.1. The molecule has 0 saturated carbocycles. The lowest BCUT2D eigenvalue weighted by molar-refractivity contribution is 0.102. The Morgan fingerprint density at radius 3 is 2.84 bits per heavy atom. The lowest BCUT2D eigenvalue weighted by atomic mass is 10.2. The number of aromatic nitrogens is 2. The van der Waals surface area contributed by atoms with Gasteiger partial charge in [0.05, 0.1) is 6.61 Å². The molecular weight excluding hydrogens is 262 g/mol. The van der Waals surface area contributed by atoms with Gasteiger partial charge in [0, 0.05) is 18.6 Å². The standard InChI is InChI=1S/C13H15N3O2S/c1-2-18-9-8-11-15-16-13(19-11)14-12(17)10-6-4-3-5-7-10/h3-7H,2,8-9H2,1H3,(H,14,16,17). The van der Waals surface area contributed by atoms with E-state index in [4.69, 9.17) is 4.74 Å². The highest BCUT2D eigenvalue weighted by Gasteiger charge is 2.09. The summed E-state index contributed by atoms with van der Waals surface area (Å²) in [6.45, 7) is 3.26. The molecule has 0 aliphatic heterocycles. The number of anilines is 1. The van der Waals surface area contributed by atoms with Crippen molar-refractivity contribution in [3.05, 3.63) is 40.9 Å². The number of rotatable bonds is 6. The second-order valence-electron chi connectivity index (χ2n) is 3.77. The van der Waals surface area contributed by atoms with E-state index in [9.17, 15) is 4.79 Å². The zero-order valence-electron chi connectivity index (χ0n) is 10.6. The molecule has 1 aromatic carbocycles. The molecule has 1 amide bonds. The fourth-order valence-electron chi connectivity index (χ4n) is 1.47. The molecule has 0 saturated heterocycles. The molecule has 19 heavy (non-hydrogen) atoms. The van der Waals surface area contributed by atoms with Crippen molar-refractivity contribution in [1.29, 1.82) is 0 Å². The Kier molecular flexibility index (Phi) is 5.00. The summed E-state index contributed by atoms with van der Waals surface area (Å²) in [6, 6.07) is 9.03. The second-order valence-corrected chi connectivity index (χ2v) is 4.83. The van der Waals surface area contributed by atoms with E-state index in [1.807, 2.05) is 25.1 Å². The van der Waals surface area contributed by atoms with Crippen LogP contribution in [0.15, 0.2) is 30.3 Å². The van der Waals surface area contributed by atoms with E-state index in [0.29, 0.717) is 30.3 Å². The van der Waals surface area contributed by atoms with Crippen LogP contribution in [0.2, 0.25) is 0 Å². The van der Waals surface area contributed by atoms with Crippen LogP contribution in [-0.4, -0.2) is 29.3 Å². The Labute approximate surface area is 115 Å². The van der Waals surface area contributed by atoms with E-state index >= 15 is 0 Å². The molecule has 5 nitrogen and oxygen atoms in total. The summed E-state index contributed by atoms with van der Waals surface area (Å²) in [5.41, 5.74) is 0.605. The zero-order chi connectivity index (χ0) is 13.5. The Morgan fingerprint density at radius 2 is 2.11 bits per heavy atom. The summed E-state index contributed by atoms with van der Waals surface area (Å²) in [7, 11) is 0. The SMILES string of the molecule is CCOCCc1nnc(NC(=O)c2ccccc2)s1. The quantitative estimate of drug-likeness (QED) is 0.823. The van der Waals surface area contributed by atoms with Gasteiger partial charge in [-0.3, -0.25) is 10.1 Å². The number of benzene rings is 1. The van der Waals surface area contributed by atoms with Crippen molar-refractivity contribution in [3.8, 4) is 0 Å². The molecule has 100 valence electrons. The third-order valence-corrected chi connectivity index (χ3v) is 3.29. The van der Waals surface area contributed by atoms with E-state index in [-0.39, 0.29) is 5.91 Å². The van der Waals surface area contributed by atoms with Gasteiger partial charge >= 0.3 is 0 Å². The Hall–Kier alpha value is -1.79. The monoisotopic (exact) mass is 277 g/mol. The van der Waals surface area contributed by atoms with Crippen LogP contribution in [0, 0.1) is 0 Å². The van der Waals surface area contributed by atoms with Crippen molar-refractivity contribution < 1.29 is 9.53 Å². The molecule has 0 radical (unpaired) electrons. The van der Waals surface area contributed by atoms with Crippen LogP contribution < -0.4 is 5.32 Å². The first-order chi connectivity index (χ1) is 9.29. The van der Waals surface area contributed by atoms with Gasteiger partial charge in [0.1, 0.15) is 5.01 Å². The number of ether oxygens (including phenoxy) is 1. The number of nitrogens with one attached hydrogen (secondary N) is 1. The van der Waals surface area contributed by atoms with Crippen LogP contribution in [0.4, 0.5) is 5.13 Å². The Balaban J connectivity index is 1.91. The normalized spacial score (nSPS) is 10.4. The molecule has 0 aliphatic rings. The van der Waals surface area contributed by atoms with Crippen molar-refractivity contribution in [2.75, 3.05) is 18.5 Å². The number of carbonyl (C=O) groups is 1. The number of carbonyl (C=O) groups excluding carboxylic acids is 1. The summed E-state index contributed by atoms with van der Waals surface area (Å²) in [4.78, 5) is 11.9. The van der Waals surface area contributed by atoms with E-state index in [1.54, 1.807) is 12.1 Å². The third kappa shape index (κ3) is 4.11. The first kappa shape index (κ1) is 13.6. The Bertz CT molecular complexity index is 528. The van der Waals surface area contributed by atoms with Crippen molar-refractivity contribution in [3.63, 3.8) is 0 Å². The van der Waals surface area contributed by atoms with Crippen LogP contribution in [0.25, 0.3) is 0 Å². The highest BCUT2D eigenvalue weighted by molar-refractivity contribution is 7.15. The predicted octanol–water partition coefficient (Wildman–Crippen LogP) is 2.37. The average Bonchev–Trinajstić information content (AvgIpc) is 2.88. The molecule has 0 atom stereocenters. The van der Waals surface area contributed by atoms with Gasteiger partial charge in [-0.1, -0.05) is 29.5 Å². The van der Waals surface area contributed by atoms with Gasteiger partial charge in [-0.15, -0.1) is 10.2 Å². The maximum absolute atomic E-state index is 11.9. The van der Waals surface area contributed by atoms with Crippen molar-refractivity contribution in [2.45, 2.75) is 13.3 Å². The average molecular weight is 277 g/mol. The van der Waals surface area contributed by atoms with Gasteiger partial charge < -0.3 is 4.74 Å². The third-order valence-electron chi connectivity index (χ3n) is 2.39. The van der Waals surface area contributed by atoms with Gasteiger partial charge in [0.25, 0.3) is 5.91 Å². The maximum atomic E-state index is 11.9. The minimum absolute atomic E-state index is 0.173. The predicted molar refractivity (Wildman–Crippen MR) is 74.5 cm³/mol. The van der Waals surface area contributed by atoms with E-state index in [1.165, 1.54) is 11.3 Å². The summed E-state index contributed by atoms with van der Waals surface area (Å²) >= 11 is 1.37. The largest absolute Gasteiger partial charge is 0.381 e. The second kappa shape index (κ2) is 6.96. The van der Waals surface area contributed by atoms with Gasteiger partial charge in [0.15, 0.2) is 0 Å². The first-order valence-electron chi connectivity index (χ1n) is 6.06. The molecule has 1 aromatic heterocycles. The molecule has 0 spiro atoms. The van der Waals surface area contributed by atoms with Crippen LogP contribution in [0.1, 0.15) is 22.3 Å². The molecule has 1 N–H and O–H groups in total. The minimum atomic E-state index is -0.173. The summed E-state index contributed by atoms with van der Waals surface area (Å²) in [5, 5.41) is 12.1. The van der Waals surface area contributed by atoms with Crippen molar-refractivity contribution in [1.82, 2.24) is 10.2 Å². The highest BCUT2D eigenvalue weighted by Crippen LogP contribution is 2.16. The van der Waals surface area contributed by atoms with Crippen molar-refractivity contribution >= 4 is 22.4 Å². The van der Waals surface area contributed by atoms with Crippen LogP contribution in [0.3, 0.4) is 0 Å². The summed E-state index contributed by atoms with van der Waals surface area (Å²) < 4.78 is 5.25. The number of amides is 1. The van der Waals surface area contributed by atoms with Crippen LogP contribution in [-0.2, 0) is 11.2 Å². The summed E-state index contributed by atoms with van der Waals surface area (Å²) in [5.74, 6) is -0.173. The van der Waals surface area contributed by atoms with Crippen molar-refractivity contribution in [2.24, 2.45) is 0 Å². The lowest BCUT2D eigenvalue weighted by Crippen LogP contribution is -2.11. The topological polar surface area (TPSA) is 64.1 Å². The smallest absolute Gasteiger partial charge is 0.257 e. The maximum Gasteiger partial charge on any atom is 0.257 e. The summed E-state index contributed by atoms with van der Waals surface area (Å²) in [6.07, 6.45) is 0.715. The minimum Gasteiger partial charge on any atom is -0.381 e. The van der Waals surface area contributed by atoms with E-state index < -0.39 is 0 Å². The molecule has 0 fully saturated rings. The van der Waals surface area contributed by atoms with E-state index in [2.05, 4.69) is 15.5 Å². The van der Waals surface area contributed by atoms with E-state index in [0.717, 1.165) is 5.01 Å². The molecule has 0 unspecified atom stereocenters. The Morgan fingerprint density at radius 1 is 1.32 bits per heavy atom. The number of nitrogens with zero attached hydrogens (tertiary/aromatic N) is 2. The van der Waals surface area contributed by atoms with Gasteiger partial charge in [-0.2, -0.15) is 0 Å². The molecular formula is C13H15N3O2S. The molecule has 2 rings (SSSR count). The van der Waals surface area contributed by atoms with Gasteiger partial charge in [0.2, 0.25) is 5.13 Å². The molecule has 2 aromatic rings. The van der Waals surface area contributed by atoms with Crippen LogP contribution in [0.5, 0.6) is 0 Å². The lowest BCUT2D eigenvalue weighted by Gasteiger charge is -1.99. The van der Waals surface area contributed by atoms with Gasteiger partial charge in [-0.05, 0) is 19.1 Å². The molecule has 6 heteroatoms. The number of hydrogen-bond acceptors (Lipinski definition) is 5. The fraction of sp³-hybridized carbons (Fsp3) is 0.308. The molecule has 0 bridgehead atoms. The van der Waals surface area contributed by atoms with Crippen LogP contribution >= 0.6 is 11.3 Å². The molecule has 0 aliphatic carbocycles. The number of hydrogen-bond donors (Lipinski definition) is 1. The first-order valence-corrected chi connectivity index (χ1v) is 6.87. The molecule has 1 heterocycles.